The van der Waals surface area contributed by atoms with Gasteiger partial charge in [0.15, 0.2) is 11.6 Å². The summed E-state index contributed by atoms with van der Waals surface area (Å²) in [4.78, 5) is 11.7. The molecule has 0 unspecified atom stereocenters. The van der Waals surface area contributed by atoms with Crippen LogP contribution in [0.5, 0.6) is 0 Å². The highest BCUT2D eigenvalue weighted by Gasteiger charge is 2.31. The lowest BCUT2D eigenvalue weighted by Crippen LogP contribution is -2.48. The number of amides is 1. The van der Waals surface area contributed by atoms with Crippen LogP contribution in [-0.2, 0) is 4.74 Å². The Labute approximate surface area is 104 Å². The number of nitrogens with one attached hydrogen (secondary N) is 1. The van der Waals surface area contributed by atoms with Crippen molar-refractivity contribution in [2.45, 2.75) is 31.9 Å². The number of hydrogen-bond acceptors (Lipinski definition) is 2. The molecule has 1 aliphatic carbocycles. The average Bonchev–Trinajstić information content (AvgIpc) is 2.30. The van der Waals surface area contributed by atoms with Crippen molar-refractivity contribution < 1.29 is 18.3 Å². The van der Waals surface area contributed by atoms with Crippen molar-refractivity contribution >= 4 is 5.91 Å². The molecule has 1 amide bonds. The predicted octanol–water partition coefficient (Wildman–Crippen LogP) is 2.26. The number of rotatable bonds is 4. The molecule has 0 spiro atoms. The van der Waals surface area contributed by atoms with Crippen LogP contribution < -0.4 is 5.32 Å². The van der Waals surface area contributed by atoms with Crippen LogP contribution >= 0.6 is 0 Å². The van der Waals surface area contributed by atoms with Crippen LogP contribution in [-0.4, -0.2) is 24.7 Å². The summed E-state index contributed by atoms with van der Waals surface area (Å²) in [7, 11) is 0. The van der Waals surface area contributed by atoms with Gasteiger partial charge in [0.2, 0.25) is 0 Å². The van der Waals surface area contributed by atoms with E-state index in [-0.39, 0.29) is 17.7 Å². The Balaban J connectivity index is 1.91. The fourth-order valence-electron chi connectivity index (χ4n) is 2.00. The first kappa shape index (κ1) is 13.0. The minimum Gasteiger partial charge on any atom is -0.378 e. The van der Waals surface area contributed by atoms with Crippen LogP contribution in [0.1, 0.15) is 30.1 Å². The van der Waals surface area contributed by atoms with E-state index in [1.165, 1.54) is 12.1 Å². The zero-order valence-corrected chi connectivity index (χ0v) is 10.1. The molecule has 18 heavy (non-hydrogen) atoms. The van der Waals surface area contributed by atoms with Crippen LogP contribution in [0.3, 0.4) is 0 Å². The van der Waals surface area contributed by atoms with Gasteiger partial charge < -0.3 is 10.1 Å². The fraction of sp³-hybridized carbons (Fsp3) is 0.462. The maximum Gasteiger partial charge on any atom is 0.254 e. The van der Waals surface area contributed by atoms with E-state index in [1.54, 1.807) is 0 Å². The van der Waals surface area contributed by atoms with E-state index in [1.807, 2.05) is 6.92 Å². The van der Waals surface area contributed by atoms with Crippen LogP contribution in [0.25, 0.3) is 0 Å². The smallest absolute Gasteiger partial charge is 0.254 e. The summed E-state index contributed by atoms with van der Waals surface area (Å²) in [6, 6.07) is 3.56. The lowest BCUT2D eigenvalue weighted by atomic mass is 9.89. The molecule has 3 nitrogen and oxygen atoms in total. The fourth-order valence-corrected chi connectivity index (χ4v) is 2.00. The van der Waals surface area contributed by atoms with E-state index in [2.05, 4.69) is 5.32 Å². The first-order valence-corrected chi connectivity index (χ1v) is 5.98. The maximum atomic E-state index is 13.4. The first-order chi connectivity index (χ1) is 8.61. The molecule has 0 aromatic heterocycles. The van der Waals surface area contributed by atoms with Crippen LogP contribution in [0.15, 0.2) is 18.2 Å². The van der Waals surface area contributed by atoms with Gasteiger partial charge in [-0.15, -0.1) is 0 Å². The molecule has 1 aliphatic rings. The van der Waals surface area contributed by atoms with Crippen molar-refractivity contribution in [3.8, 4) is 0 Å². The largest absolute Gasteiger partial charge is 0.378 e. The molecule has 1 N–H and O–H groups in total. The number of ether oxygens (including phenoxy) is 1. The summed E-state index contributed by atoms with van der Waals surface area (Å²) in [5, 5.41) is 2.66. The second-order valence-corrected chi connectivity index (χ2v) is 4.32. The van der Waals surface area contributed by atoms with Crippen LogP contribution in [0, 0.1) is 11.6 Å². The second-order valence-electron chi connectivity index (χ2n) is 4.32. The minimum absolute atomic E-state index is 0.0169. The van der Waals surface area contributed by atoms with Gasteiger partial charge in [-0.25, -0.2) is 8.78 Å². The van der Waals surface area contributed by atoms with E-state index in [0.29, 0.717) is 6.61 Å². The highest BCUT2D eigenvalue weighted by atomic mass is 19.2. The molecule has 1 fully saturated rings. The molecule has 0 aliphatic heterocycles. The van der Waals surface area contributed by atoms with Gasteiger partial charge in [-0.2, -0.15) is 0 Å². The quantitative estimate of drug-likeness (QED) is 0.896. The molecule has 98 valence electrons. The molecule has 0 saturated heterocycles. The third kappa shape index (κ3) is 2.67. The molecule has 0 atom stereocenters. The van der Waals surface area contributed by atoms with Crippen molar-refractivity contribution in [2.75, 3.05) is 6.61 Å². The molecular formula is C13H15F2NO2. The summed E-state index contributed by atoms with van der Waals surface area (Å²) in [6.07, 6.45) is 1.60. The third-order valence-corrected chi connectivity index (χ3v) is 3.03. The normalized spacial score (nSPS) is 22.4. The first-order valence-electron chi connectivity index (χ1n) is 5.98. The number of hydrogen-bond donors (Lipinski definition) is 1. The Hall–Kier alpha value is -1.49. The number of carbonyl (C=O) groups excluding carboxylic acids is 1. The molecule has 5 heteroatoms. The van der Waals surface area contributed by atoms with Gasteiger partial charge in [-0.05, 0) is 31.9 Å². The molecule has 1 aromatic rings. The van der Waals surface area contributed by atoms with Crippen molar-refractivity contribution in [1.29, 1.82) is 0 Å². The Morgan fingerprint density at radius 2 is 2.17 bits per heavy atom. The van der Waals surface area contributed by atoms with Crippen LogP contribution in [0.4, 0.5) is 8.78 Å². The van der Waals surface area contributed by atoms with Crippen molar-refractivity contribution in [2.24, 2.45) is 0 Å². The van der Waals surface area contributed by atoms with E-state index < -0.39 is 17.5 Å². The molecule has 0 radical (unpaired) electrons. The van der Waals surface area contributed by atoms with E-state index in [4.69, 9.17) is 4.74 Å². The van der Waals surface area contributed by atoms with Gasteiger partial charge in [-0.1, -0.05) is 6.07 Å². The molecule has 1 aromatic carbocycles. The van der Waals surface area contributed by atoms with Gasteiger partial charge >= 0.3 is 0 Å². The van der Waals surface area contributed by atoms with Crippen molar-refractivity contribution in [3.05, 3.63) is 35.4 Å². The second kappa shape index (κ2) is 5.44. The highest BCUT2D eigenvalue weighted by molar-refractivity contribution is 5.94. The Morgan fingerprint density at radius 1 is 1.44 bits per heavy atom. The van der Waals surface area contributed by atoms with Gasteiger partial charge in [0, 0.05) is 12.6 Å². The monoisotopic (exact) mass is 255 g/mol. The van der Waals surface area contributed by atoms with Crippen molar-refractivity contribution in [1.82, 2.24) is 5.32 Å². The van der Waals surface area contributed by atoms with E-state index in [0.717, 1.165) is 18.9 Å². The maximum absolute atomic E-state index is 13.4. The van der Waals surface area contributed by atoms with Gasteiger partial charge in [0.1, 0.15) is 0 Å². The van der Waals surface area contributed by atoms with Gasteiger partial charge in [0.25, 0.3) is 5.91 Å². The topological polar surface area (TPSA) is 38.3 Å². The Morgan fingerprint density at radius 3 is 2.83 bits per heavy atom. The molecule has 2 rings (SSSR count). The SMILES string of the molecule is CCOC1CC(NC(=O)c2cccc(F)c2F)C1. The lowest BCUT2D eigenvalue weighted by Gasteiger charge is -2.35. The summed E-state index contributed by atoms with van der Waals surface area (Å²) < 4.78 is 31.7. The van der Waals surface area contributed by atoms with Crippen molar-refractivity contribution in [3.63, 3.8) is 0 Å². The zero-order chi connectivity index (χ0) is 13.1. The summed E-state index contributed by atoms with van der Waals surface area (Å²) in [5.74, 6) is -2.69. The summed E-state index contributed by atoms with van der Waals surface area (Å²) in [6.45, 7) is 2.55. The lowest BCUT2D eigenvalue weighted by molar-refractivity contribution is -0.00866. The minimum atomic E-state index is -1.10. The molecule has 0 bridgehead atoms. The molecular weight excluding hydrogens is 240 g/mol. The number of benzene rings is 1. The molecule has 0 heterocycles. The standard InChI is InChI=1S/C13H15F2NO2/c1-2-18-9-6-8(7-9)16-13(17)10-4-3-5-11(14)12(10)15/h3-5,8-9H,2,6-7H2,1H3,(H,16,17). The van der Waals surface area contributed by atoms with Gasteiger partial charge in [-0.3, -0.25) is 4.79 Å². The average molecular weight is 255 g/mol. The Kier molecular flexibility index (Phi) is 3.91. The highest BCUT2D eigenvalue weighted by Crippen LogP contribution is 2.23. The number of halogens is 2. The summed E-state index contributed by atoms with van der Waals surface area (Å²) in [5.41, 5.74) is -0.255. The summed E-state index contributed by atoms with van der Waals surface area (Å²) >= 11 is 0. The predicted molar refractivity (Wildman–Crippen MR) is 62.3 cm³/mol. The third-order valence-electron chi connectivity index (χ3n) is 3.03. The van der Waals surface area contributed by atoms with E-state index in [9.17, 15) is 13.6 Å². The van der Waals surface area contributed by atoms with Crippen LogP contribution in [0.2, 0.25) is 0 Å². The molecule has 1 saturated carbocycles. The van der Waals surface area contributed by atoms with Gasteiger partial charge in [0.05, 0.1) is 11.7 Å². The number of carbonyl (C=O) groups is 1. The van der Waals surface area contributed by atoms with E-state index >= 15 is 0 Å². The zero-order valence-electron chi connectivity index (χ0n) is 10.1. The Bertz CT molecular complexity index is 445.